The van der Waals surface area contributed by atoms with E-state index in [1.54, 1.807) is 0 Å². The van der Waals surface area contributed by atoms with Crippen molar-refractivity contribution in [3.05, 3.63) is 35.0 Å². The molecule has 0 aromatic carbocycles. The number of aromatic nitrogens is 4. The predicted octanol–water partition coefficient (Wildman–Crippen LogP) is 3.44. The lowest BCUT2D eigenvalue weighted by Gasteiger charge is -2.10. The summed E-state index contributed by atoms with van der Waals surface area (Å²) in [4.78, 5) is 16.3. The predicted molar refractivity (Wildman–Crippen MR) is 94.2 cm³/mol. The molecule has 3 aromatic rings. The van der Waals surface area contributed by atoms with E-state index < -0.39 is 0 Å². The summed E-state index contributed by atoms with van der Waals surface area (Å²) in [5, 5.41) is 4.84. The van der Waals surface area contributed by atoms with E-state index in [9.17, 15) is 0 Å². The number of aryl methyl sites for hydroxylation is 4. The Bertz CT molecular complexity index is 806. The number of nitrogens with one attached hydrogen (secondary N) is 1. The second-order valence-electron chi connectivity index (χ2n) is 5.96. The van der Waals surface area contributed by atoms with Crippen molar-refractivity contribution in [2.24, 2.45) is 0 Å². The molecule has 0 unspecified atom stereocenters. The molecule has 0 spiro atoms. The third kappa shape index (κ3) is 2.83. The molecule has 120 valence electrons. The lowest BCUT2D eigenvalue weighted by molar-refractivity contribution is 0.660. The molecular formula is C17H21N5S. The van der Waals surface area contributed by atoms with Gasteiger partial charge in [0, 0.05) is 36.8 Å². The molecule has 0 saturated heterocycles. The first-order chi connectivity index (χ1) is 11.3. The van der Waals surface area contributed by atoms with Gasteiger partial charge in [-0.2, -0.15) is 0 Å². The molecule has 0 amide bonds. The van der Waals surface area contributed by atoms with E-state index in [0.29, 0.717) is 0 Å². The fraction of sp³-hybridized carbons (Fsp3) is 0.471. The normalized spacial score (nSPS) is 13.6. The number of thiophene rings is 1. The van der Waals surface area contributed by atoms with E-state index in [4.69, 9.17) is 9.97 Å². The molecule has 5 nitrogen and oxygen atoms in total. The van der Waals surface area contributed by atoms with Crippen molar-refractivity contribution >= 4 is 27.4 Å². The van der Waals surface area contributed by atoms with Gasteiger partial charge in [0.05, 0.1) is 11.7 Å². The summed E-state index contributed by atoms with van der Waals surface area (Å²) in [5.74, 6) is 1.98. The Morgan fingerprint density at radius 2 is 2.26 bits per heavy atom. The highest BCUT2D eigenvalue weighted by atomic mass is 32.1. The first-order valence-corrected chi connectivity index (χ1v) is 9.17. The van der Waals surface area contributed by atoms with Crippen molar-refractivity contribution in [3.63, 3.8) is 0 Å². The van der Waals surface area contributed by atoms with Crippen LogP contribution in [-0.4, -0.2) is 26.1 Å². The monoisotopic (exact) mass is 327 g/mol. The molecule has 4 rings (SSSR count). The van der Waals surface area contributed by atoms with Crippen molar-refractivity contribution in [2.75, 3.05) is 11.9 Å². The Hall–Kier alpha value is -1.95. The van der Waals surface area contributed by atoms with Crippen LogP contribution in [0.15, 0.2) is 18.7 Å². The average molecular weight is 327 g/mol. The van der Waals surface area contributed by atoms with Crippen LogP contribution >= 0.6 is 11.3 Å². The van der Waals surface area contributed by atoms with Crippen LogP contribution < -0.4 is 5.32 Å². The summed E-state index contributed by atoms with van der Waals surface area (Å²) in [6.45, 7) is 4.01. The third-order valence-corrected chi connectivity index (χ3v) is 5.56. The summed E-state index contributed by atoms with van der Waals surface area (Å²) in [5.41, 5.74) is 1.49. The Kier molecular flexibility index (Phi) is 3.99. The summed E-state index contributed by atoms with van der Waals surface area (Å²) in [7, 11) is 0. The first kappa shape index (κ1) is 14.6. The van der Waals surface area contributed by atoms with Gasteiger partial charge in [-0.3, -0.25) is 0 Å². The number of anilines is 1. The van der Waals surface area contributed by atoms with E-state index in [0.717, 1.165) is 37.6 Å². The van der Waals surface area contributed by atoms with Gasteiger partial charge in [-0.15, -0.1) is 11.3 Å². The molecule has 0 fully saturated rings. The van der Waals surface area contributed by atoms with Crippen molar-refractivity contribution in [3.8, 4) is 0 Å². The molecule has 1 N–H and O–H groups in total. The zero-order valence-corrected chi connectivity index (χ0v) is 14.2. The van der Waals surface area contributed by atoms with Crippen LogP contribution in [-0.2, 0) is 25.8 Å². The summed E-state index contributed by atoms with van der Waals surface area (Å²) in [6.07, 6.45) is 11.3. The highest BCUT2D eigenvalue weighted by molar-refractivity contribution is 7.19. The molecule has 3 aromatic heterocycles. The largest absolute Gasteiger partial charge is 0.369 e. The topological polar surface area (TPSA) is 55.6 Å². The molecule has 0 radical (unpaired) electrons. The number of nitrogens with zero attached hydrogens (tertiary/aromatic N) is 4. The standard InChI is InChI=1S/C17H21N5S/c1-2-14-20-16(19-7-4-9-22-10-8-18-11-22)15-12-5-3-6-13(12)23-17(15)21-14/h8,10-11H,2-7,9H2,1H3,(H,19,20,21). The summed E-state index contributed by atoms with van der Waals surface area (Å²) < 4.78 is 2.11. The molecule has 0 atom stereocenters. The minimum absolute atomic E-state index is 0.877. The number of rotatable bonds is 6. The zero-order chi connectivity index (χ0) is 15.6. The quantitative estimate of drug-likeness (QED) is 0.705. The Balaban J connectivity index is 1.55. The Morgan fingerprint density at radius 3 is 3.09 bits per heavy atom. The third-order valence-electron chi connectivity index (χ3n) is 4.37. The number of fused-ring (bicyclic) bond motifs is 3. The second-order valence-corrected chi connectivity index (χ2v) is 7.04. The minimum atomic E-state index is 0.877. The summed E-state index contributed by atoms with van der Waals surface area (Å²) >= 11 is 1.86. The van der Waals surface area contributed by atoms with Crippen molar-refractivity contribution < 1.29 is 0 Å². The fourth-order valence-electron chi connectivity index (χ4n) is 3.21. The smallest absolute Gasteiger partial charge is 0.138 e. The van der Waals surface area contributed by atoms with Gasteiger partial charge in [-0.25, -0.2) is 15.0 Å². The van der Waals surface area contributed by atoms with Crippen LogP contribution in [0.5, 0.6) is 0 Å². The van der Waals surface area contributed by atoms with Crippen LogP contribution in [0.4, 0.5) is 5.82 Å². The number of imidazole rings is 1. The Labute approximate surface area is 139 Å². The number of hydrogen-bond donors (Lipinski definition) is 1. The van der Waals surface area contributed by atoms with Crippen LogP contribution in [0.2, 0.25) is 0 Å². The van der Waals surface area contributed by atoms with Crippen molar-refractivity contribution in [1.29, 1.82) is 0 Å². The molecule has 0 aliphatic heterocycles. The van der Waals surface area contributed by atoms with Gasteiger partial charge in [0.25, 0.3) is 0 Å². The SMILES string of the molecule is CCc1nc(NCCCn2ccnc2)c2c3c(sc2n1)CCC3. The Morgan fingerprint density at radius 1 is 1.30 bits per heavy atom. The van der Waals surface area contributed by atoms with E-state index in [1.165, 1.54) is 39.9 Å². The first-order valence-electron chi connectivity index (χ1n) is 8.36. The molecular weight excluding hydrogens is 306 g/mol. The average Bonchev–Trinajstić information content (AvgIpc) is 3.27. The van der Waals surface area contributed by atoms with Crippen LogP contribution in [0.1, 0.15) is 36.0 Å². The molecule has 3 heterocycles. The van der Waals surface area contributed by atoms with E-state index in [1.807, 2.05) is 30.1 Å². The van der Waals surface area contributed by atoms with E-state index in [-0.39, 0.29) is 0 Å². The molecule has 1 aliphatic rings. The molecule has 23 heavy (non-hydrogen) atoms. The van der Waals surface area contributed by atoms with Crippen molar-refractivity contribution in [2.45, 2.75) is 45.6 Å². The summed E-state index contributed by atoms with van der Waals surface area (Å²) in [6, 6.07) is 0. The maximum Gasteiger partial charge on any atom is 0.138 e. The van der Waals surface area contributed by atoms with Crippen LogP contribution in [0, 0.1) is 0 Å². The second kappa shape index (κ2) is 6.28. The van der Waals surface area contributed by atoms with Gasteiger partial charge in [-0.05, 0) is 31.2 Å². The lowest BCUT2D eigenvalue weighted by Crippen LogP contribution is -2.09. The highest BCUT2D eigenvalue weighted by Crippen LogP contribution is 2.39. The van der Waals surface area contributed by atoms with E-state index in [2.05, 4.69) is 21.8 Å². The van der Waals surface area contributed by atoms with Gasteiger partial charge < -0.3 is 9.88 Å². The molecule has 0 saturated carbocycles. The van der Waals surface area contributed by atoms with Gasteiger partial charge in [0.2, 0.25) is 0 Å². The van der Waals surface area contributed by atoms with Crippen molar-refractivity contribution in [1.82, 2.24) is 19.5 Å². The zero-order valence-electron chi connectivity index (χ0n) is 13.4. The van der Waals surface area contributed by atoms with Gasteiger partial charge in [0.1, 0.15) is 16.5 Å². The molecule has 0 bridgehead atoms. The van der Waals surface area contributed by atoms with Crippen LogP contribution in [0.3, 0.4) is 0 Å². The van der Waals surface area contributed by atoms with Crippen LogP contribution in [0.25, 0.3) is 10.2 Å². The fourth-order valence-corrected chi connectivity index (χ4v) is 4.49. The minimum Gasteiger partial charge on any atom is -0.369 e. The maximum absolute atomic E-state index is 4.77. The van der Waals surface area contributed by atoms with Gasteiger partial charge in [-0.1, -0.05) is 6.92 Å². The number of hydrogen-bond acceptors (Lipinski definition) is 5. The van der Waals surface area contributed by atoms with Gasteiger partial charge in [0.15, 0.2) is 0 Å². The van der Waals surface area contributed by atoms with E-state index >= 15 is 0 Å². The maximum atomic E-state index is 4.77. The molecule has 6 heteroatoms. The lowest BCUT2D eigenvalue weighted by atomic mass is 10.2. The van der Waals surface area contributed by atoms with Gasteiger partial charge >= 0.3 is 0 Å². The molecule has 1 aliphatic carbocycles. The highest BCUT2D eigenvalue weighted by Gasteiger charge is 2.21.